The van der Waals surface area contributed by atoms with Crippen LogP contribution in [-0.2, 0) is 17.6 Å². The largest absolute Gasteiger partial charge is 0.477 e. The zero-order valence-corrected chi connectivity index (χ0v) is 12.8. The van der Waals surface area contributed by atoms with Crippen molar-refractivity contribution in [2.24, 2.45) is 0 Å². The van der Waals surface area contributed by atoms with Gasteiger partial charge in [-0.05, 0) is 12.0 Å². The van der Waals surface area contributed by atoms with Gasteiger partial charge in [-0.15, -0.1) is 0 Å². The molecule has 1 saturated heterocycles. The van der Waals surface area contributed by atoms with Gasteiger partial charge in [-0.25, -0.2) is 14.8 Å². The van der Waals surface area contributed by atoms with Gasteiger partial charge in [0.15, 0.2) is 0 Å². The van der Waals surface area contributed by atoms with E-state index >= 15 is 0 Å². The molecule has 1 fully saturated rings. The highest BCUT2D eigenvalue weighted by atomic mass is 16.5. The molecule has 1 aliphatic rings. The number of carbonyl (C=O) groups is 1. The number of hydrogen-bond acceptors (Lipinski definition) is 5. The predicted octanol–water partition coefficient (Wildman–Crippen LogP) is 1.80. The van der Waals surface area contributed by atoms with Crippen molar-refractivity contribution in [2.45, 2.75) is 12.8 Å². The minimum absolute atomic E-state index is 0.148. The van der Waals surface area contributed by atoms with Gasteiger partial charge in [0.1, 0.15) is 17.2 Å². The van der Waals surface area contributed by atoms with E-state index < -0.39 is 5.97 Å². The van der Waals surface area contributed by atoms with Crippen molar-refractivity contribution in [3.8, 4) is 0 Å². The number of morpholine rings is 1. The molecule has 0 atom stereocenters. The van der Waals surface area contributed by atoms with Gasteiger partial charge < -0.3 is 14.7 Å². The van der Waals surface area contributed by atoms with Gasteiger partial charge in [0.25, 0.3) is 0 Å². The van der Waals surface area contributed by atoms with Crippen LogP contribution in [0.3, 0.4) is 0 Å². The summed E-state index contributed by atoms with van der Waals surface area (Å²) in [5.74, 6) is 0.167. The molecule has 6 heteroatoms. The lowest BCUT2D eigenvalue weighted by molar-refractivity contribution is 0.0695. The second kappa shape index (κ2) is 7.19. The number of carboxylic acid groups (broad SMARTS) is 1. The van der Waals surface area contributed by atoms with Crippen molar-refractivity contribution in [3.05, 3.63) is 53.5 Å². The summed E-state index contributed by atoms with van der Waals surface area (Å²) in [6.45, 7) is 2.47. The van der Waals surface area contributed by atoms with Crippen LogP contribution in [0.1, 0.15) is 21.7 Å². The Morgan fingerprint density at radius 3 is 2.61 bits per heavy atom. The maximum Gasteiger partial charge on any atom is 0.341 e. The summed E-state index contributed by atoms with van der Waals surface area (Å²) in [5, 5.41) is 9.36. The minimum Gasteiger partial charge on any atom is -0.477 e. The Balaban J connectivity index is 1.80. The summed E-state index contributed by atoms with van der Waals surface area (Å²) in [4.78, 5) is 22.1. The molecule has 23 heavy (non-hydrogen) atoms. The Morgan fingerprint density at radius 1 is 1.17 bits per heavy atom. The molecule has 1 aliphatic heterocycles. The molecule has 1 aromatic carbocycles. The number of benzene rings is 1. The van der Waals surface area contributed by atoms with Crippen molar-refractivity contribution in [1.29, 1.82) is 0 Å². The van der Waals surface area contributed by atoms with E-state index in [-0.39, 0.29) is 5.56 Å². The molecule has 0 radical (unpaired) electrons. The highest BCUT2D eigenvalue weighted by Crippen LogP contribution is 2.19. The first-order valence-corrected chi connectivity index (χ1v) is 7.70. The van der Waals surface area contributed by atoms with Crippen LogP contribution in [0.4, 0.5) is 5.82 Å². The topological polar surface area (TPSA) is 75.5 Å². The molecular weight excluding hydrogens is 294 g/mol. The van der Waals surface area contributed by atoms with Crippen molar-refractivity contribution < 1.29 is 14.6 Å². The monoisotopic (exact) mass is 313 g/mol. The molecule has 1 aromatic heterocycles. The van der Waals surface area contributed by atoms with E-state index in [0.29, 0.717) is 44.4 Å². The van der Waals surface area contributed by atoms with Crippen molar-refractivity contribution in [1.82, 2.24) is 9.97 Å². The van der Waals surface area contributed by atoms with E-state index in [1.807, 2.05) is 23.1 Å². The first-order chi connectivity index (χ1) is 11.2. The average molecular weight is 313 g/mol. The van der Waals surface area contributed by atoms with E-state index in [9.17, 15) is 9.90 Å². The maximum atomic E-state index is 11.4. The van der Waals surface area contributed by atoms with Gasteiger partial charge in [0.05, 0.1) is 13.2 Å². The normalized spacial score (nSPS) is 14.7. The number of rotatable bonds is 5. The lowest BCUT2D eigenvalue weighted by atomic mass is 10.1. The maximum absolute atomic E-state index is 11.4. The van der Waals surface area contributed by atoms with Crippen LogP contribution < -0.4 is 4.90 Å². The number of carboxylic acids is 1. The highest BCUT2D eigenvalue weighted by molar-refractivity contribution is 5.93. The molecule has 0 bridgehead atoms. The van der Waals surface area contributed by atoms with Gasteiger partial charge in [-0.3, -0.25) is 0 Å². The smallest absolute Gasteiger partial charge is 0.341 e. The first-order valence-electron chi connectivity index (χ1n) is 7.70. The summed E-state index contributed by atoms with van der Waals surface area (Å²) < 4.78 is 5.32. The summed E-state index contributed by atoms with van der Waals surface area (Å²) in [6, 6.07) is 10.1. The Morgan fingerprint density at radius 2 is 1.91 bits per heavy atom. The second-order valence-electron chi connectivity index (χ2n) is 5.41. The fourth-order valence-corrected chi connectivity index (χ4v) is 2.60. The molecule has 1 N–H and O–H groups in total. The van der Waals surface area contributed by atoms with Crippen LogP contribution in [0.2, 0.25) is 0 Å². The SMILES string of the molecule is O=C(O)c1cnc(CCc2ccccc2)nc1N1CCOCC1. The third-order valence-corrected chi connectivity index (χ3v) is 3.84. The zero-order chi connectivity index (χ0) is 16.1. The second-order valence-corrected chi connectivity index (χ2v) is 5.41. The number of ether oxygens (including phenoxy) is 1. The summed E-state index contributed by atoms with van der Waals surface area (Å²) in [6.07, 6.45) is 2.93. The Labute approximate surface area is 134 Å². The Bertz CT molecular complexity index is 670. The van der Waals surface area contributed by atoms with E-state index in [2.05, 4.69) is 22.1 Å². The number of aryl methyl sites for hydroxylation is 2. The summed E-state index contributed by atoms with van der Waals surface area (Å²) in [7, 11) is 0. The first kappa shape index (κ1) is 15.4. The molecule has 0 amide bonds. The third-order valence-electron chi connectivity index (χ3n) is 3.84. The summed E-state index contributed by atoms with van der Waals surface area (Å²) in [5.41, 5.74) is 1.36. The van der Waals surface area contributed by atoms with Crippen LogP contribution in [0, 0.1) is 0 Å². The third kappa shape index (κ3) is 3.84. The van der Waals surface area contributed by atoms with Crippen molar-refractivity contribution >= 4 is 11.8 Å². The Kier molecular flexibility index (Phi) is 4.83. The number of aromatic carboxylic acids is 1. The number of hydrogen-bond donors (Lipinski definition) is 1. The molecule has 0 aliphatic carbocycles. The van der Waals surface area contributed by atoms with Crippen LogP contribution in [0.25, 0.3) is 0 Å². The molecule has 120 valence electrons. The van der Waals surface area contributed by atoms with E-state index in [1.165, 1.54) is 11.8 Å². The van der Waals surface area contributed by atoms with E-state index in [0.717, 1.165) is 6.42 Å². The fourth-order valence-electron chi connectivity index (χ4n) is 2.60. The highest BCUT2D eigenvalue weighted by Gasteiger charge is 2.21. The fraction of sp³-hybridized carbons (Fsp3) is 0.353. The zero-order valence-electron chi connectivity index (χ0n) is 12.8. The molecule has 0 saturated carbocycles. The van der Waals surface area contributed by atoms with Gasteiger partial charge in [0.2, 0.25) is 0 Å². The van der Waals surface area contributed by atoms with Gasteiger partial charge in [-0.1, -0.05) is 30.3 Å². The van der Waals surface area contributed by atoms with Crippen molar-refractivity contribution in [3.63, 3.8) is 0 Å². The minimum atomic E-state index is -0.999. The molecule has 0 spiro atoms. The molecule has 2 aromatic rings. The van der Waals surface area contributed by atoms with Crippen LogP contribution in [-0.4, -0.2) is 47.3 Å². The van der Waals surface area contributed by atoms with E-state index in [4.69, 9.17) is 4.74 Å². The number of anilines is 1. The Hall–Kier alpha value is -2.47. The lowest BCUT2D eigenvalue weighted by Crippen LogP contribution is -2.38. The van der Waals surface area contributed by atoms with Crippen LogP contribution >= 0.6 is 0 Å². The van der Waals surface area contributed by atoms with Gasteiger partial charge in [0, 0.05) is 25.7 Å². The average Bonchev–Trinajstić information content (AvgIpc) is 2.61. The van der Waals surface area contributed by atoms with E-state index in [1.54, 1.807) is 0 Å². The molecule has 3 rings (SSSR count). The quantitative estimate of drug-likeness (QED) is 0.907. The predicted molar refractivity (Wildman–Crippen MR) is 85.9 cm³/mol. The molecule has 0 unspecified atom stereocenters. The molecule has 6 nitrogen and oxygen atoms in total. The van der Waals surface area contributed by atoms with Crippen LogP contribution in [0.5, 0.6) is 0 Å². The number of nitrogens with zero attached hydrogens (tertiary/aromatic N) is 3. The van der Waals surface area contributed by atoms with Crippen LogP contribution in [0.15, 0.2) is 36.5 Å². The standard InChI is InChI=1S/C17H19N3O3/c21-17(22)14-12-18-15(7-6-13-4-2-1-3-5-13)19-16(14)20-8-10-23-11-9-20/h1-5,12H,6-11H2,(H,21,22). The number of aromatic nitrogens is 2. The summed E-state index contributed by atoms with van der Waals surface area (Å²) >= 11 is 0. The van der Waals surface area contributed by atoms with Gasteiger partial charge in [-0.2, -0.15) is 0 Å². The molecular formula is C17H19N3O3. The van der Waals surface area contributed by atoms with Gasteiger partial charge >= 0.3 is 5.97 Å². The van der Waals surface area contributed by atoms with Crippen molar-refractivity contribution in [2.75, 3.05) is 31.2 Å². The molecule has 2 heterocycles. The lowest BCUT2D eigenvalue weighted by Gasteiger charge is -2.28.